The van der Waals surface area contributed by atoms with Crippen LogP contribution < -0.4 is 5.32 Å². The van der Waals surface area contributed by atoms with Crippen LogP contribution in [-0.2, 0) is 11.3 Å². The molecule has 18 heavy (non-hydrogen) atoms. The summed E-state index contributed by atoms with van der Waals surface area (Å²) in [5.74, 6) is 0.661. The molecule has 1 N–H and O–H groups in total. The van der Waals surface area contributed by atoms with Crippen LogP contribution in [0.1, 0.15) is 12.2 Å². The Morgan fingerprint density at radius 1 is 1.67 bits per heavy atom. The van der Waals surface area contributed by atoms with Gasteiger partial charge in [0.05, 0.1) is 31.8 Å². The van der Waals surface area contributed by atoms with Crippen molar-refractivity contribution in [3.63, 3.8) is 0 Å². The van der Waals surface area contributed by atoms with Gasteiger partial charge in [0.1, 0.15) is 5.76 Å². The third-order valence-electron chi connectivity index (χ3n) is 2.34. The van der Waals surface area contributed by atoms with Gasteiger partial charge < -0.3 is 14.6 Å². The lowest BCUT2D eigenvalue weighted by molar-refractivity contribution is -0.131. The molecule has 1 aromatic heterocycles. The molecule has 1 heterocycles. The van der Waals surface area contributed by atoms with Gasteiger partial charge in [-0.2, -0.15) is 5.26 Å². The summed E-state index contributed by atoms with van der Waals surface area (Å²) in [6.45, 7) is 5.18. The number of nitrogens with one attached hydrogen (secondary N) is 1. The molecule has 0 aromatic carbocycles. The van der Waals surface area contributed by atoms with Crippen LogP contribution in [0.2, 0.25) is 0 Å². The summed E-state index contributed by atoms with van der Waals surface area (Å²) in [5, 5.41) is 11.5. The second-order valence-corrected chi connectivity index (χ2v) is 3.72. The van der Waals surface area contributed by atoms with E-state index in [2.05, 4.69) is 11.9 Å². The number of furan rings is 1. The number of rotatable bonds is 8. The van der Waals surface area contributed by atoms with Crippen molar-refractivity contribution in [2.75, 3.05) is 19.6 Å². The molecule has 5 heteroatoms. The van der Waals surface area contributed by atoms with E-state index in [9.17, 15) is 4.79 Å². The van der Waals surface area contributed by atoms with E-state index in [1.165, 1.54) is 0 Å². The summed E-state index contributed by atoms with van der Waals surface area (Å²) in [7, 11) is 0. The van der Waals surface area contributed by atoms with E-state index in [0.717, 1.165) is 0 Å². The monoisotopic (exact) mass is 247 g/mol. The summed E-state index contributed by atoms with van der Waals surface area (Å²) in [4.78, 5) is 13.5. The molecule has 0 aliphatic heterocycles. The predicted octanol–water partition coefficient (Wildman–Crippen LogP) is 1.30. The average molecular weight is 247 g/mol. The number of hydrogen-bond acceptors (Lipinski definition) is 4. The molecule has 0 radical (unpaired) electrons. The first-order valence-corrected chi connectivity index (χ1v) is 5.76. The summed E-state index contributed by atoms with van der Waals surface area (Å²) in [6.07, 6.45) is 3.57. The van der Waals surface area contributed by atoms with Gasteiger partial charge in [0.15, 0.2) is 0 Å². The molecule has 0 spiro atoms. The van der Waals surface area contributed by atoms with E-state index < -0.39 is 0 Å². The van der Waals surface area contributed by atoms with Crippen molar-refractivity contribution >= 4 is 5.91 Å². The Balaban J connectivity index is 2.51. The van der Waals surface area contributed by atoms with Crippen LogP contribution in [0.4, 0.5) is 0 Å². The Morgan fingerprint density at radius 3 is 3.11 bits per heavy atom. The highest BCUT2D eigenvalue weighted by atomic mass is 16.3. The molecule has 96 valence electrons. The summed E-state index contributed by atoms with van der Waals surface area (Å²) < 4.78 is 5.21. The second kappa shape index (κ2) is 8.09. The quantitative estimate of drug-likeness (QED) is 0.555. The topological polar surface area (TPSA) is 69.3 Å². The Kier molecular flexibility index (Phi) is 6.30. The fourth-order valence-electron chi connectivity index (χ4n) is 1.46. The average Bonchev–Trinajstić information content (AvgIpc) is 2.87. The van der Waals surface area contributed by atoms with E-state index in [1.807, 2.05) is 12.1 Å². The van der Waals surface area contributed by atoms with Crippen molar-refractivity contribution in [2.45, 2.75) is 13.0 Å². The molecule has 0 atom stereocenters. The van der Waals surface area contributed by atoms with Crippen LogP contribution in [0.5, 0.6) is 0 Å². The maximum absolute atomic E-state index is 11.9. The van der Waals surface area contributed by atoms with Crippen LogP contribution >= 0.6 is 0 Å². The SMILES string of the molecule is C=CCNCC(=O)N(CCC#N)Cc1ccco1. The molecule has 0 saturated heterocycles. The Labute approximate surface area is 107 Å². The highest BCUT2D eigenvalue weighted by Gasteiger charge is 2.14. The first-order valence-electron chi connectivity index (χ1n) is 5.76. The zero-order valence-electron chi connectivity index (χ0n) is 10.3. The van der Waals surface area contributed by atoms with Gasteiger partial charge in [0.25, 0.3) is 0 Å². The zero-order valence-corrected chi connectivity index (χ0v) is 10.3. The van der Waals surface area contributed by atoms with Crippen molar-refractivity contribution < 1.29 is 9.21 Å². The van der Waals surface area contributed by atoms with Crippen LogP contribution in [0.25, 0.3) is 0 Å². The largest absolute Gasteiger partial charge is 0.467 e. The van der Waals surface area contributed by atoms with Crippen molar-refractivity contribution in [2.24, 2.45) is 0 Å². The maximum Gasteiger partial charge on any atom is 0.236 e. The number of carbonyl (C=O) groups excluding carboxylic acids is 1. The standard InChI is InChI=1S/C13H17N3O2/c1-2-7-15-10-13(17)16(8-4-6-14)11-12-5-3-9-18-12/h2-3,5,9,15H,1,4,7-8,10-11H2. The molecule has 0 fully saturated rings. The van der Waals surface area contributed by atoms with Crippen LogP contribution in [0, 0.1) is 11.3 Å². The minimum Gasteiger partial charge on any atom is -0.467 e. The number of nitrogens with zero attached hydrogens (tertiary/aromatic N) is 2. The Bertz CT molecular complexity index is 406. The zero-order chi connectivity index (χ0) is 13.2. The summed E-state index contributed by atoms with van der Waals surface area (Å²) >= 11 is 0. The second-order valence-electron chi connectivity index (χ2n) is 3.72. The molecule has 5 nitrogen and oxygen atoms in total. The highest BCUT2D eigenvalue weighted by molar-refractivity contribution is 5.78. The number of nitriles is 1. The van der Waals surface area contributed by atoms with Gasteiger partial charge in [-0.1, -0.05) is 6.08 Å². The summed E-state index contributed by atoms with van der Waals surface area (Å²) in [5.41, 5.74) is 0. The molecular weight excluding hydrogens is 230 g/mol. The molecule has 0 bridgehead atoms. The van der Waals surface area contributed by atoms with Gasteiger partial charge in [-0.15, -0.1) is 6.58 Å². The van der Waals surface area contributed by atoms with Crippen LogP contribution in [0.3, 0.4) is 0 Å². The van der Waals surface area contributed by atoms with Crippen molar-refractivity contribution in [3.8, 4) is 6.07 Å². The maximum atomic E-state index is 11.9. The van der Waals surface area contributed by atoms with Gasteiger partial charge >= 0.3 is 0 Å². The molecule has 1 aromatic rings. The van der Waals surface area contributed by atoms with Crippen LogP contribution in [-0.4, -0.2) is 30.4 Å². The first-order chi connectivity index (χ1) is 8.77. The van der Waals surface area contributed by atoms with Gasteiger partial charge in [0.2, 0.25) is 5.91 Å². The van der Waals surface area contributed by atoms with E-state index >= 15 is 0 Å². The fourth-order valence-corrected chi connectivity index (χ4v) is 1.46. The Morgan fingerprint density at radius 2 is 2.50 bits per heavy atom. The van der Waals surface area contributed by atoms with Crippen molar-refractivity contribution in [1.29, 1.82) is 5.26 Å². The third-order valence-corrected chi connectivity index (χ3v) is 2.34. The number of carbonyl (C=O) groups is 1. The Hall–Kier alpha value is -2.06. The minimum atomic E-state index is -0.0523. The molecule has 1 rings (SSSR count). The smallest absolute Gasteiger partial charge is 0.236 e. The van der Waals surface area contributed by atoms with Crippen LogP contribution in [0.15, 0.2) is 35.5 Å². The van der Waals surface area contributed by atoms with E-state index in [0.29, 0.717) is 31.8 Å². The molecule has 0 unspecified atom stereocenters. The lowest BCUT2D eigenvalue weighted by Gasteiger charge is -2.20. The molecule has 1 amide bonds. The van der Waals surface area contributed by atoms with Gasteiger partial charge in [0, 0.05) is 13.1 Å². The summed E-state index contributed by atoms with van der Waals surface area (Å²) in [6, 6.07) is 5.62. The van der Waals surface area contributed by atoms with Gasteiger partial charge in [-0.3, -0.25) is 4.79 Å². The van der Waals surface area contributed by atoms with Gasteiger partial charge in [-0.05, 0) is 12.1 Å². The first kappa shape index (κ1) is 14.0. The predicted molar refractivity (Wildman–Crippen MR) is 67.4 cm³/mol. The number of hydrogen-bond donors (Lipinski definition) is 1. The van der Waals surface area contributed by atoms with E-state index in [-0.39, 0.29) is 12.5 Å². The van der Waals surface area contributed by atoms with E-state index in [4.69, 9.17) is 9.68 Å². The molecule has 0 saturated carbocycles. The van der Waals surface area contributed by atoms with Crippen molar-refractivity contribution in [1.82, 2.24) is 10.2 Å². The lowest BCUT2D eigenvalue weighted by Crippen LogP contribution is -2.38. The fraction of sp³-hybridized carbons (Fsp3) is 0.385. The lowest BCUT2D eigenvalue weighted by atomic mass is 10.3. The normalized spacial score (nSPS) is 9.72. The van der Waals surface area contributed by atoms with Crippen molar-refractivity contribution in [3.05, 3.63) is 36.8 Å². The number of amides is 1. The third kappa shape index (κ3) is 4.85. The van der Waals surface area contributed by atoms with Gasteiger partial charge in [-0.25, -0.2) is 0 Å². The van der Waals surface area contributed by atoms with E-state index in [1.54, 1.807) is 23.3 Å². The highest BCUT2D eigenvalue weighted by Crippen LogP contribution is 2.06. The molecule has 0 aliphatic rings. The minimum absolute atomic E-state index is 0.0523. The molecule has 0 aliphatic carbocycles. The molecular formula is C13H17N3O2.